The van der Waals surface area contributed by atoms with E-state index in [1.165, 1.54) is 6.08 Å². The number of carbonyl (C=O) groups is 2. The van der Waals surface area contributed by atoms with E-state index in [1.54, 1.807) is 29.4 Å². The van der Waals surface area contributed by atoms with E-state index in [4.69, 9.17) is 9.47 Å². The molecule has 0 saturated carbocycles. The fraction of sp³-hybridized carbons (Fsp3) is 0.441. The number of hydrogen-bond donors (Lipinski definition) is 2. The summed E-state index contributed by atoms with van der Waals surface area (Å²) in [4.78, 5) is 53.0. The molecule has 2 aliphatic heterocycles. The standard InChI is InChI=1S/C34H41N7O6S/c1-4-39(5-2)13-12-38(3)24-6-7-27(31(17-24)47-25-16-22-8-11-35-32(22)36-20-25)33(42)37-48-26-18-28-29(30(19-26)41(44)45)21-40(34(28)43)23-9-14-46-15-10-23/h6-8,11,16-20,23,28-29H,4-5,9-10,12-15,21H2,1-3H3,(H,35,36)(H,37,42). The van der Waals surface area contributed by atoms with Crippen LogP contribution in [0.2, 0.25) is 0 Å². The van der Waals surface area contributed by atoms with E-state index in [9.17, 15) is 19.7 Å². The van der Waals surface area contributed by atoms with Gasteiger partial charge in [0.15, 0.2) is 0 Å². The Morgan fingerprint density at radius 3 is 2.75 bits per heavy atom. The average Bonchev–Trinajstić information content (AvgIpc) is 3.71. The topological polar surface area (TPSA) is 146 Å². The third-order valence-electron chi connectivity index (χ3n) is 9.41. The van der Waals surface area contributed by atoms with Crippen molar-refractivity contribution in [1.82, 2.24) is 24.5 Å². The van der Waals surface area contributed by atoms with E-state index < -0.39 is 22.7 Å². The van der Waals surface area contributed by atoms with Gasteiger partial charge in [0.2, 0.25) is 5.91 Å². The number of nitrogens with zero attached hydrogens (tertiary/aromatic N) is 5. The Kier molecular flexibility index (Phi) is 10.3. The quantitative estimate of drug-likeness (QED) is 0.147. The SMILES string of the molecule is CCN(CC)CCN(C)c1ccc(C(=O)NSC2=CC3C(=O)N(C4CCOCC4)CC3C([N+](=O)[O-])=C2)c(Oc2cnc3[nH]ccc3c2)c1. The molecule has 13 nitrogen and oxygen atoms in total. The molecule has 2 aromatic heterocycles. The first-order valence-electron chi connectivity index (χ1n) is 16.4. The first-order valence-corrected chi connectivity index (χ1v) is 17.2. The summed E-state index contributed by atoms with van der Waals surface area (Å²) in [6, 6.07) is 9.18. The fourth-order valence-corrected chi connectivity index (χ4v) is 7.26. The Balaban J connectivity index is 1.21. The molecular weight excluding hydrogens is 634 g/mol. The summed E-state index contributed by atoms with van der Waals surface area (Å²) in [7, 11) is 2.00. The number of allylic oxidation sites excluding steroid dienone is 1. The molecule has 3 aliphatic rings. The molecule has 2 fully saturated rings. The van der Waals surface area contributed by atoms with Crippen LogP contribution >= 0.6 is 11.9 Å². The zero-order valence-electron chi connectivity index (χ0n) is 27.4. The van der Waals surface area contributed by atoms with Gasteiger partial charge in [-0.25, -0.2) is 4.98 Å². The van der Waals surface area contributed by atoms with Crippen molar-refractivity contribution in [3.63, 3.8) is 0 Å². The summed E-state index contributed by atoms with van der Waals surface area (Å²) in [6.07, 6.45) is 8.04. The Morgan fingerprint density at radius 2 is 2.00 bits per heavy atom. The molecule has 254 valence electrons. The minimum atomic E-state index is -0.654. The predicted molar refractivity (Wildman–Crippen MR) is 184 cm³/mol. The Bertz CT molecular complexity index is 1730. The lowest BCUT2D eigenvalue weighted by Crippen LogP contribution is -2.41. The third kappa shape index (κ3) is 7.20. The van der Waals surface area contributed by atoms with Gasteiger partial charge in [-0.05, 0) is 62.1 Å². The highest BCUT2D eigenvalue weighted by molar-refractivity contribution is 8.02. The van der Waals surface area contributed by atoms with Crippen molar-refractivity contribution >= 4 is 40.5 Å². The second-order valence-electron chi connectivity index (χ2n) is 12.2. The number of benzene rings is 1. The number of aromatic amines is 1. The molecule has 2 N–H and O–H groups in total. The number of fused-ring (bicyclic) bond motifs is 2. The minimum absolute atomic E-state index is 0.0138. The van der Waals surface area contributed by atoms with Crippen molar-refractivity contribution in [1.29, 1.82) is 0 Å². The van der Waals surface area contributed by atoms with Crippen molar-refractivity contribution in [3.8, 4) is 11.5 Å². The maximum absolute atomic E-state index is 13.7. The number of rotatable bonds is 13. The molecule has 48 heavy (non-hydrogen) atoms. The van der Waals surface area contributed by atoms with Crippen molar-refractivity contribution in [2.24, 2.45) is 11.8 Å². The maximum atomic E-state index is 13.7. The number of anilines is 1. The normalized spacial score (nSPS) is 19.7. The number of aromatic nitrogens is 2. The molecule has 2 saturated heterocycles. The summed E-state index contributed by atoms with van der Waals surface area (Å²) in [5.41, 5.74) is 1.87. The van der Waals surface area contributed by atoms with Gasteiger partial charge in [-0.3, -0.25) is 24.4 Å². The second kappa shape index (κ2) is 14.8. The predicted octanol–water partition coefficient (Wildman–Crippen LogP) is 4.82. The number of ether oxygens (including phenoxy) is 2. The molecule has 0 spiro atoms. The number of nitro groups is 1. The number of carbonyl (C=O) groups excluding carboxylic acids is 2. The van der Waals surface area contributed by atoms with Gasteiger partial charge >= 0.3 is 0 Å². The van der Waals surface area contributed by atoms with Gasteiger partial charge in [0, 0.05) is 80.3 Å². The number of H-pyrrole nitrogens is 1. The number of nitrogens with one attached hydrogen (secondary N) is 2. The van der Waals surface area contributed by atoms with Gasteiger partial charge in [0.25, 0.3) is 11.6 Å². The van der Waals surface area contributed by atoms with E-state index in [1.807, 2.05) is 31.3 Å². The van der Waals surface area contributed by atoms with Crippen LogP contribution in [0.5, 0.6) is 11.5 Å². The van der Waals surface area contributed by atoms with E-state index in [2.05, 4.69) is 38.3 Å². The highest BCUT2D eigenvalue weighted by Gasteiger charge is 2.49. The van der Waals surface area contributed by atoms with Crippen molar-refractivity contribution in [2.75, 3.05) is 57.9 Å². The number of likely N-dealkylation sites (N-methyl/N-ethyl adjacent to an activating group) is 2. The molecule has 14 heteroatoms. The van der Waals surface area contributed by atoms with Gasteiger partial charge in [0.05, 0.1) is 28.5 Å². The Labute approximate surface area is 283 Å². The van der Waals surface area contributed by atoms with Gasteiger partial charge in [0.1, 0.15) is 17.1 Å². The summed E-state index contributed by atoms with van der Waals surface area (Å²) >= 11 is 0.956. The Morgan fingerprint density at radius 1 is 1.21 bits per heavy atom. The smallest absolute Gasteiger partial charge is 0.265 e. The fourth-order valence-electron chi connectivity index (χ4n) is 6.54. The number of pyridine rings is 1. The number of hydrogen-bond acceptors (Lipinski definition) is 10. The highest BCUT2D eigenvalue weighted by Crippen LogP contribution is 2.41. The molecule has 2 amide bonds. The largest absolute Gasteiger partial charge is 0.455 e. The first kappa shape index (κ1) is 33.5. The van der Waals surface area contributed by atoms with Crippen LogP contribution in [0.25, 0.3) is 11.0 Å². The van der Waals surface area contributed by atoms with Crippen LogP contribution in [-0.2, 0) is 9.53 Å². The molecule has 1 aliphatic carbocycles. The molecule has 3 aromatic rings. The van der Waals surface area contributed by atoms with Crippen LogP contribution in [0.15, 0.2) is 65.5 Å². The summed E-state index contributed by atoms with van der Waals surface area (Å²) in [5, 5.41) is 13.0. The molecule has 0 bridgehead atoms. The van der Waals surface area contributed by atoms with Crippen LogP contribution in [-0.4, -0.2) is 95.5 Å². The number of likely N-dealkylation sites (tertiary alicyclic amines) is 1. The molecule has 1 aromatic carbocycles. The molecular formula is C34H41N7O6S. The average molecular weight is 676 g/mol. The minimum Gasteiger partial charge on any atom is -0.455 e. The summed E-state index contributed by atoms with van der Waals surface area (Å²) in [6.45, 7) is 9.32. The van der Waals surface area contributed by atoms with Gasteiger partial charge in [-0.1, -0.05) is 19.9 Å². The Hall–Kier alpha value is -4.40. The maximum Gasteiger partial charge on any atom is 0.265 e. The van der Waals surface area contributed by atoms with Gasteiger partial charge in [-0.15, -0.1) is 0 Å². The molecule has 4 heterocycles. The molecule has 0 radical (unpaired) electrons. The summed E-state index contributed by atoms with van der Waals surface area (Å²) < 4.78 is 14.6. The molecule has 6 rings (SSSR count). The lowest BCUT2D eigenvalue weighted by Gasteiger charge is -2.31. The molecule has 2 atom stereocenters. The van der Waals surface area contributed by atoms with Gasteiger partial charge < -0.3 is 29.2 Å². The first-order chi connectivity index (χ1) is 23.2. The van der Waals surface area contributed by atoms with E-state index >= 15 is 0 Å². The molecule has 2 unspecified atom stereocenters. The van der Waals surface area contributed by atoms with Crippen LogP contribution in [0.4, 0.5) is 5.69 Å². The zero-order valence-corrected chi connectivity index (χ0v) is 28.2. The van der Waals surface area contributed by atoms with Crippen LogP contribution in [0.3, 0.4) is 0 Å². The third-order valence-corrected chi connectivity index (χ3v) is 10.2. The highest BCUT2D eigenvalue weighted by atomic mass is 32.2. The number of amides is 2. The monoisotopic (exact) mass is 675 g/mol. The van der Waals surface area contributed by atoms with Crippen LogP contribution in [0.1, 0.15) is 37.0 Å². The van der Waals surface area contributed by atoms with Crippen molar-refractivity contribution in [3.05, 3.63) is 81.2 Å². The van der Waals surface area contributed by atoms with E-state index in [-0.39, 0.29) is 23.2 Å². The van der Waals surface area contributed by atoms with E-state index in [0.717, 1.165) is 54.8 Å². The van der Waals surface area contributed by atoms with Crippen LogP contribution < -0.4 is 14.4 Å². The van der Waals surface area contributed by atoms with Crippen molar-refractivity contribution < 1.29 is 24.0 Å². The summed E-state index contributed by atoms with van der Waals surface area (Å²) in [5.74, 6) is -0.933. The lowest BCUT2D eigenvalue weighted by molar-refractivity contribution is -0.434. The zero-order chi connectivity index (χ0) is 33.8. The lowest BCUT2D eigenvalue weighted by atomic mass is 9.88. The second-order valence-corrected chi connectivity index (χ2v) is 13.1. The van der Waals surface area contributed by atoms with Gasteiger partial charge in [-0.2, -0.15) is 0 Å². The van der Waals surface area contributed by atoms with Crippen molar-refractivity contribution in [2.45, 2.75) is 32.7 Å². The van der Waals surface area contributed by atoms with E-state index in [0.29, 0.717) is 49.0 Å². The van der Waals surface area contributed by atoms with Crippen LogP contribution in [0, 0.1) is 22.0 Å².